The highest BCUT2D eigenvalue weighted by atomic mass is 16.1. The van der Waals surface area contributed by atoms with Gasteiger partial charge in [0.05, 0.1) is 0 Å². The van der Waals surface area contributed by atoms with Gasteiger partial charge in [-0.15, -0.1) is 0 Å². The molecule has 0 spiro atoms. The number of hydrogen-bond donors (Lipinski definition) is 0. The van der Waals surface area contributed by atoms with Gasteiger partial charge in [0.25, 0.3) is 0 Å². The lowest BCUT2D eigenvalue weighted by Crippen LogP contribution is -2.20. The van der Waals surface area contributed by atoms with Gasteiger partial charge in [0.1, 0.15) is 5.78 Å². The summed E-state index contributed by atoms with van der Waals surface area (Å²) in [4.78, 5) is 13.1. The topological polar surface area (TPSA) is 17.1 Å². The third-order valence-electron chi connectivity index (χ3n) is 7.13. The van der Waals surface area contributed by atoms with Crippen LogP contribution in [-0.4, -0.2) is 5.78 Å². The maximum absolute atomic E-state index is 13.1. The maximum atomic E-state index is 13.1. The van der Waals surface area contributed by atoms with Crippen molar-refractivity contribution >= 4 is 5.78 Å². The first-order valence-electron chi connectivity index (χ1n) is 14.4. The number of ketones is 1. The van der Waals surface area contributed by atoms with Crippen LogP contribution in [0.15, 0.2) is 60.7 Å². The first-order chi connectivity index (χ1) is 16.8. The highest BCUT2D eigenvalue weighted by molar-refractivity contribution is 5.81. The van der Waals surface area contributed by atoms with Gasteiger partial charge in [0.15, 0.2) is 0 Å². The van der Waals surface area contributed by atoms with E-state index < -0.39 is 0 Å². The second-order valence-corrected chi connectivity index (χ2v) is 10.2. The lowest BCUT2D eigenvalue weighted by molar-refractivity contribution is -0.123. The number of unbranched alkanes of at least 4 members (excludes halogenated alkanes) is 14. The van der Waals surface area contributed by atoms with Gasteiger partial charge in [0, 0.05) is 12.3 Å². The molecule has 0 aromatic heterocycles. The second-order valence-electron chi connectivity index (χ2n) is 10.2. The molecule has 1 heteroatoms. The predicted octanol–water partition coefficient (Wildman–Crippen LogP) is 9.92. The van der Waals surface area contributed by atoms with E-state index in [9.17, 15) is 4.79 Å². The van der Waals surface area contributed by atoms with Crippen molar-refractivity contribution in [3.63, 3.8) is 0 Å². The SMILES string of the molecule is CCCCCCCCCCCCCCCCCC(=O)C(Cc1ccccc1)Cc1ccccc1. The third kappa shape index (κ3) is 13.7. The molecule has 0 aliphatic rings. The Morgan fingerprint density at radius 3 is 1.26 bits per heavy atom. The van der Waals surface area contributed by atoms with Crippen LogP contribution < -0.4 is 0 Å². The van der Waals surface area contributed by atoms with Gasteiger partial charge >= 0.3 is 0 Å². The van der Waals surface area contributed by atoms with E-state index in [4.69, 9.17) is 0 Å². The smallest absolute Gasteiger partial charge is 0.136 e. The number of rotatable bonds is 21. The standard InChI is InChI=1S/C33H50O/c1-2-3-4-5-6-7-8-9-10-11-12-13-14-15-22-27-33(34)32(28-30-23-18-16-19-24-30)29-31-25-20-17-21-26-31/h16-21,23-26,32H,2-15,22,27-29H2,1H3. The van der Waals surface area contributed by atoms with Gasteiger partial charge in [-0.25, -0.2) is 0 Å². The van der Waals surface area contributed by atoms with Crippen molar-refractivity contribution in [3.8, 4) is 0 Å². The summed E-state index contributed by atoms with van der Waals surface area (Å²) in [6.07, 6.45) is 22.9. The van der Waals surface area contributed by atoms with Crippen molar-refractivity contribution in [3.05, 3.63) is 71.8 Å². The third-order valence-corrected chi connectivity index (χ3v) is 7.13. The van der Waals surface area contributed by atoms with E-state index in [0.29, 0.717) is 5.78 Å². The Morgan fingerprint density at radius 2 is 0.882 bits per heavy atom. The molecule has 0 heterocycles. The molecule has 188 valence electrons. The molecule has 0 N–H and O–H groups in total. The number of Topliss-reactive ketones (excluding diaryl/α,β-unsaturated/α-hetero) is 1. The van der Waals surface area contributed by atoms with Gasteiger partial charge in [-0.1, -0.05) is 157 Å². The lowest BCUT2D eigenvalue weighted by atomic mass is 9.87. The van der Waals surface area contributed by atoms with Crippen LogP contribution in [0.4, 0.5) is 0 Å². The number of benzene rings is 2. The molecule has 0 bridgehead atoms. The van der Waals surface area contributed by atoms with Crippen LogP contribution in [0.3, 0.4) is 0 Å². The number of carbonyl (C=O) groups excluding carboxylic acids is 1. The summed E-state index contributed by atoms with van der Waals surface area (Å²) in [7, 11) is 0. The van der Waals surface area contributed by atoms with Crippen molar-refractivity contribution in [2.75, 3.05) is 0 Å². The molecule has 0 unspecified atom stereocenters. The minimum atomic E-state index is 0.0939. The Morgan fingerprint density at radius 1 is 0.529 bits per heavy atom. The van der Waals surface area contributed by atoms with E-state index in [1.165, 1.54) is 101 Å². The molecule has 0 saturated heterocycles. The summed E-state index contributed by atoms with van der Waals surface area (Å²) in [5, 5.41) is 0. The predicted molar refractivity (Wildman–Crippen MR) is 148 cm³/mol. The molecule has 0 radical (unpaired) electrons. The fourth-order valence-corrected chi connectivity index (χ4v) is 4.97. The van der Waals surface area contributed by atoms with Gasteiger partial charge in [0.2, 0.25) is 0 Å². The average molecular weight is 463 g/mol. The van der Waals surface area contributed by atoms with Crippen molar-refractivity contribution in [2.24, 2.45) is 5.92 Å². The highest BCUT2D eigenvalue weighted by Gasteiger charge is 2.19. The molecular weight excluding hydrogens is 412 g/mol. The van der Waals surface area contributed by atoms with Crippen LogP contribution in [0.2, 0.25) is 0 Å². The first-order valence-corrected chi connectivity index (χ1v) is 14.4. The zero-order valence-corrected chi connectivity index (χ0v) is 22.0. The van der Waals surface area contributed by atoms with Crippen LogP contribution in [0.1, 0.15) is 121 Å². The summed E-state index contributed by atoms with van der Waals surface area (Å²) in [6, 6.07) is 21.0. The normalized spacial score (nSPS) is 11.2. The second kappa shape index (κ2) is 19.4. The molecule has 0 amide bonds. The van der Waals surface area contributed by atoms with Crippen molar-refractivity contribution in [2.45, 2.75) is 122 Å². The van der Waals surface area contributed by atoms with Crippen molar-refractivity contribution < 1.29 is 4.79 Å². The van der Waals surface area contributed by atoms with Crippen LogP contribution in [0.5, 0.6) is 0 Å². The molecule has 2 rings (SSSR count). The Bertz CT molecular complexity index is 679. The van der Waals surface area contributed by atoms with Crippen LogP contribution in [-0.2, 0) is 17.6 Å². The maximum Gasteiger partial charge on any atom is 0.136 e. The van der Waals surface area contributed by atoms with E-state index in [0.717, 1.165) is 25.7 Å². The summed E-state index contributed by atoms with van der Waals surface area (Å²) in [6.45, 7) is 2.29. The van der Waals surface area contributed by atoms with Crippen LogP contribution >= 0.6 is 0 Å². The van der Waals surface area contributed by atoms with E-state index in [1.54, 1.807) is 0 Å². The molecule has 0 fully saturated rings. The molecule has 2 aromatic rings. The largest absolute Gasteiger partial charge is 0.299 e. The fraction of sp³-hybridized carbons (Fsp3) is 0.606. The monoisotopic (exact) mass is 462 g/mol. The quantitative estimate of drug-likeness (QED) is 0.169. The van der Waals surface area contributed by atoms with E-state index in [2.05, 4.69) is 55.5 Å². The highest BCUT2D eigenvalue weighted by Crippen LogP contribution is 2.19. The molecule has 34 heavy (non-hydrogen) atoms. The molecule has 1 nitrogen and oxygen atoms in total. The molecule has 0 aliphatic heterocycles. The summed E-state index contributed by atoms with van der Waals surface area (Å²) < 4.78 is 0. The Kier molecular flexibility index (Phi) is 16.2. The zero-order chi connectivity index (χ0) is 24.1. The van der Waals surface area contributed by atoms with E-state index in [-0.39, 0.29) is 5.92 Å². The summed E-state index contributed by atoms with van der Waals surface area (Å²) >= 11 is 0. The van der Waals surface area contributed by atoms with Crippen molar-refractivity contribution in [1.29, 1.82) is 0 Å². The zero-order valence-electron chi connectivity index (χ0n) is 22.0. The average Bonchev–Trinajstić information content (AvgIpc) is 2.87. The van der Waals surface area contributed by atoms with Gasteiger partial charge in [-0.05, 0) is 30.4 Å². The molecule has 0 atom stereocenters. The Balaban J connectivity index is 1.54. The Labute approximate surface area is 210 Å². The van der Waals surface area contributed by atoms with E-state index in [1.807, 2.05) is 12.1 Å². The summed E-state index contributed by atoms with van der Waals surface area (Å²) in [5.41, 5.74) is 2.54. The molecule has 2 aromatic carbocycles. The number of hydrogen-bond acceptors (Lipinski definition) is 1. The lowest BCUT2D eigenvalue weighted by Gasteiger charge is -2.16. The minimum Gasteiger partial charge on any atom is -0.299 e. The molecular formula is C33H50O. The van der Waals surface area contributed by atoms with Crippen molar-refractivity contribution in [1.82, 2.24) is 0 Å². The number of carbonyl (C=O) groups is 1. The summed E-state index contributed by atoms with van der Waals surface area (Å²) in [5.74, 6) is 0.541. The van der Waals surface area contributed by atoms with E-state index >= 15 is 0 Å². The molecule has 0 saturated carbocycles. The van der Waals surface area contributed by atoms with Crippen LogP contribution in [0.25, 0.3) is 0 Å². The minimum absolute atomic E-state index is 0.0939. The molecule has 0 aliphatic carbocycles. The van der Waals surface area contributed by atoms with Gasteiger partial charge in [-0.2, -0.15) is 0 Å². The first kappa shape index (κ1) is 28.3. The van der Waals surface area contributed by atoms with Gasteiger partial charge < -0.3 is 0 Å². The fourth-order valence-electron chi connectivity index (χ4n) is 4.97. The van der Waals surface area contributed by atoms with Crippen LogP contribution in [0, 0.1) is 5.92 Å². The Hall–Kier alpha value is -1.89. The van der Waals surface area contributed by atoms with Gasteiger partial charge in [-0.3, -0.25) is 4.79 Å².